The van der Waals surface area contributed by atoms with Gasteiger partial charge in [-0.3, -0.25) is 4.79 Å². The molecule has 0 saturated carbocycles. The Hall–Kier alpha value is -2.50. The number of halogens is 3. The van der Waals surface area contributed by atoms with Crippen molar-refractivity contribution in [3.05, 3.63) is 65.2 Å². The summed E-state index contributed by atoms with van der Waals surface area (Å²) in [5.74, 6) is -0.515. The zero-order chi connectivity index (χ0) is 17.6. The molecule has 0 fully saturated rings. The van der Waals surface area contributed by atoms with E-state index in [0.717, 1.165) is 17.7 Å². The van der Waals surface area contributed by atoms with Crippen LogP contribution in [0.25, 0.3) is 0 Å². The lowest BCUT2D eigenvalue weighted by molar-refractivity contribution is -0.142. The Morgan fingerprint density at radius 3 is 2.38 bits per heavy atom. The first-order chi connectivity index (χ1) is 11.4. The molecular formula is C18H17F3O3. The van der Waals surface area contributed by atoms with Crippen LogP contribution in [0.3, 0.4) is 0 Å². The van der Waals surface area contributed by atoms with Crippen molar-refractivity contribution in [3.63, 3.8) is 0 Å². The Labute approximate surface area is 138 Å². The summed E-state index contributed by atoms with van der Waals surface area (Å²) in [6.45, 7) is 1.95. The smallest absolute Gasteiger partial charge is 0.416 e. The molecule has 2 aromatic rings. The quantitative estimate of drug-likeness (QED) is 0.733. The van der Waals surface area contributed by atoms with Crippen molar-refractivity contribution in [1.82, 2.24) is 0 Å². The van der Waals surface area contributed by atoms with Crippen LogP contribution in [0.15, 0.2) is 48.5 Å². The van der Waals surface area contributed by atoms with Gasteiger partial charge in [0.25, 0.3) is 0 Å². The van der Waals surface area contributed by atoms with Gasteiger partial charge in [-0.05, 0) is 36.2 Å². The van der Waals surface area contributed by atoms with Gasteiger partial charge in [-0.2, -0.15) is 13.2 Å². The van der Waals surface area contributed by atoms with Gasteiger partial charge in [-0.1, -0.05) is 30.3 Å². The van der Waals surface area contributed by atoms with Crippen molar-refractivity contribution in [2.75, 3.05) is 6.61 Å². The molecule has 0 amide bonds. The second-order valence-corrected chi connectivity index (χ2v) is 5.12. The molecule has 0 aliphatic rings. The summed E-state index contributed by atoms with van der Waals surface area (Å²) in [6.07, 6.45) is -4.75. The molecule has 24 heavy (non-hydrogen) atoms. The van der Waals surface area contributed by atoms with Crippen LogP contribution in [0, 0.1) is 0 Å². The van der Waals surface area contributed by atoms with Crippen molar-refractivity contribution in [3.8, 4) is 5.75 Å². The number of rotatable bonds is 6. The molecule has 0 atom stereocenters. The summed E-state index contributed by atoms with van der Waals surface area (Å²) in [5, 5.41) is 0. The van der Waals surface area contributed by atoms with Crippen LogP contribution < -0.4 is 4.74 Å². The normalized spacial score (nSPS) is 11.2. The number of hydrogen-bond acceptors (Lipinski definition) is 3. The number of ether oxygens (including phenoxy) is 2. The van der Waals surface area contributed by atoms with Crippen molar-refractivity contribution in [1.29, 1.82) is 0 Å². The molecule has 2 aromatic carbocycles. The van der Waals surface area contributed by atoms with Crippen LogP contribution in [-0.2, 0) is 28.7 Å². The molecule has 128 valence electrons. The molecule has 0 saturated heterocycles. The van der Waals surface area contributed by atoms with Crippen molar-refractivity contribution < 1.29 is 27.4 Å². The largest absolute Gasteiger partial charge is 0.489 e. The fourth-order valence-corrected chi connectivity index (χ4v) is 2.13. The summed E-state index contributed by atoms with van der Waals surface area (Å²) in [7, 11) is 0. The van der Waals surface area contributed by atoms with Gasteiger partial charge in [0.05, 0.1) is 18.6 Å². The minimum absolute atomic E-state index is 0.0629. The highest BCUT2D eigenvalue weighted by Crippen LogP contribution is 2.33. The van der Waals surface area contributed by atoms with E-state index in [1.54, 1.807) is 6.92 Å². The zero-order valence-electron chi connectivity index (χ0n) is 13.1. The standard InChI is InChI=1S/C18H17F3O3/c1-2-23-17(22)10-14-8-15(18(19,20)21)11-16(9-14)24-12-13-6-4-3-5-7-13/h3-9,11H,2,10,12H2,1H3. The van der Waals surface area contributed by atoms with Gasteiger partial charge >= 0.3 is 12.1 Å². The second kappa shape index (κ2) is 7.86. The molecule has 0 unspecified atom stereocenters. The Balaban J connectivity index is 2.20. The summed E-state index contributed by atoms with van der Waals surface area (Å²) in [5.41, 5.74) is 0.181. The molecule has 0 N–H and O–H groups in total. The number of carbonyl (C=O) groups excluding carboxylic acids is 1. The van der Waals surface area contributed by atoms with Crippen LogP contribution in [0.5, 0.6) is 5.75 Å². The molecule has 0 spiro atoms. The fourth-order valence-electron chi connectivity index (χ4n) is 2.13. The monoisotopic (exact) mass is 338 g/mol. The van der Waals surface area contributed by atoms with Gasteiger partial charge in [-0.25, -0.2) is 0 Å². The summed E-state index contributed by atoms with van der Waals surface area (Å²) in [6, 6.07) is 12.4. The van der Waals surface area contributed by atoms with Crippen molar-refractivity contribution >= 4 is 5.97 Å². The molecule has 0 bridgehead atoms. The second-order valence-electron chi connectivity index (χ2n) is 5.12. The molecule has 2 rings (SSSR count). The lowest BCUT2D eigenvalue weighted by Gasteiger charge is -2.13. The molecule has 0 heterocycles. The van der Waals surface area contributed by atoms with E-state index in [1.165, 1.54) is 6.07 Å². The number of carbonyl (C=O) groups is 1. The Kier molecular flexibility index (Phi) is 5.84. The van der Waals surface area contributed by atoms with E-state index >= 15 is 0 Å². The Morgan fingerprint density at radius 2 is 1.75 bits per heavy atom. The van der Waals surface area contributed by atoms with Crippen LogP contribution in [0.4, 0.5) is 13.2 Å². The first-order valence-electron chi connectivity index (χ1n) is 7.42. The first-order valence-corrected chi connectivity index (χ1v) is 7.42. The molecular weight excluding hydrogens is 321 g/mol. The van der Waals surface area contributed by atoms with Crippen LogP contribution >= 0.6 is 0 Å². The fraction of sp³-hybridized carbons (Fsp3) is 0.278. The van der Waals surface area contributed by atoms with Gasteiger partial charge in [-0.15, -0.1) is 0 Å². The molecule has 0 aromatic heterocycles. The maximum atomic E-state index is 13.0. The van der Waals surface area contributed by atoms with E-state index in [1.807, 2.05) is 30.3 Å². The molecule has 3 nitrogen and oxygen atoms in total. The molecule has 6 heteroatoms. The summed E-state index contributed by atoms with van der Waals surface area (Å²) in [4.78, 5) is 11.5. The Morgan fingerprint density at radius 1 is 1.04 bits per heavy atom. The first kappa shape index (κ1) is 17.8. The van der Waals surface area contributed by atoms with E-state index < -0.39 is 17.7 Å². The number of esters is 1. The van der Waals surface area contributed by atoms with Crippen molar-refractivity contribution in [2.45, 2.75) is 26.1 Å². The average Bonchev–Trinajstić information content (AvgIpc) is 2.53. The maximum absolute atomic E-state index is 13.0. The third kappa shape index (κ3) is 5.30. The molecule has 0 radical (unpaired) electrons. The van der Waals surface area contributed by atoms with Crippen molar-refractivity contribution in [2.24, 2.45) is 0 Å². The number of hydrogen-bond donors (Lipinski definition) is 0. The molecule has 0 aliphatic heterocycles. The summed E-state index contributed by atoms with van der Waals surface area (Å²) < 4.78 is 49.3. The van der Waals surface area contributed by atoms with Gasteiger partial charge in [0.2, 0.25) is 0 Å². The van der Waals surface area contributed by atoms with E-state index in [-0.39, 0.29) is 30.9 Å². The lowest BCUT2D eigenvalue weighted by atomic mass is 10.1. The highest BCUT2D eigenvalue weighted by atomic mass is 19.4. The predicted octanol–water partition coefficient (Wildman–Crippen LogP) is 4.39. The van der Waals surface area contributed by atoms with E-state index in [4.69, 9.17) is 9.47 Å². The van der Waals surface area contributed by atoms with E-state index in [0.29, 0.717) is 0 Å². The topological polar surface area (TPSA) is 35.5 Å². The zero-order valence-corrected chi connectivity index (χ0v) is 13.1. The maximum Gasteiger partial charge on any atom is 0.416 e. The van der Waals surface area contributed by atoms with Crippen LogP contribution in [0.1, 0.15) is 23.6 Å². The summed E-state index contributed by atoms with van der Waals surface area (Å²) >= 11 is 0. The lowest BCUT2D eigenvalue weighted by Crippen LogP contribution is -2.11. The van der Waals surface area contributed by atoms with Gasteiger partial charge in [0.1, 0.15) is 12.4 Å². The van der Waals surface area contributed by atoms with Crippen LogP contribution in [0.2, 0.25) is 0 Å². The molecule has 0 aliphatic carbocycles. The van der Waals surface area contributed by atoms with Gasteiger partial charge < -0.3 is 9.47 Å². The minimum atomic E-state index is -4.52. The minimum Gasteiger partial charge on any atom is -0.489 e. The van der Waals surface area contributed by atoms with Crippen LogP contribution in [-0.4, -0.2) is 12.6 Å². The average molecular weight is 338 g/mol. The highest BCUT2D eigenvalue weighted by molar-refractivity contribution is 5.72. The van der Waals surface area contributed by atoms with Gasteiger partial charge in [0, 0.05) is 0 Å². The highest BCUT2D eigenvalue weighted by Gasteiger charge is 2.31. The third-order valence-corrected chi connectivity index (χ3v) is 3.20. The SMILES string of the molecule is CCOC(=O)Cc1cc(OCc2ccccc2)cc(C(F)(F)F)c1. The van der Waals surface area contributed by atoms with E-state index in [9.17, 15) is 18.0 Å². The van der Waals surface area contributed by atoms with Gasteiger partial charge in [0.15, 0.2) is 0 Å². The Bertz CT molecular complexity index is 682. The third-order valence-electron chi connectivity index (χ3n) is 3.20. The number of alkyl halides is 3. The predicted molar refractivity (Wildman–Crippen MR) is 82.6 cm³/mol. The number of benzene rings is 2. The van der Waals surface area contributed by atoms with E-state index in [2.05, 4.69) is 0 Å².